The summed E-state index contributed by atoms with van der Waals surface area (Å²) >= 11 is 0. The third-order valence-electron chi connectivity index (χ3n) is 9.07. The molecular formula is C20H26O10. The number of hydrogen-bond acceptors (Lipinski definition) is 10. The molecule has 30 heavy (non-hydrogen) atoms. The van der Waals surface area contributed by atoms with Gasteiger partial charge in [0.05, 0.1) is 23.0 Å². The SMILES string of the molecule is C[C@@H]1C(O)OC2CC34C5OC(=O)C3(O[C@@H]3OC(=O)[C@H](O)C34[C@H](C(C)(C)C)[C@H]5O)[C@]21O. The smallest absolute Gasteiger partial charge is 0.342 e. The van der Waals surface area contributed by atoms with E-state index in [1.807, 2.05) is 20.8 Å². The van der Waals surface area contributed by atoms with Crippen molar-refractivity contribution in [3.63, 3.8) is 0 Å². The number of carbonyl (C=O) groups excluding carboxylic acids is 2. The van der Waals surface area contributed by atoms with E-state index in [0.717, 1.165) is 0 Å². The van der Waals surface area contributed by atoms with Gasteiger partial charge in [0, 0.05) is 11.8 Å². The lowest BCUT2D eigenvalue weighted by Crippen LogP contribution is -2.66. The van der Waals surface area contributed by atoms with Crippen molar-refractivity contribution in [3.05, 3.63) is 0 Å². The molecule has 6 aliphatic rings. The Morgan fingerprint density at radius 1 is 1.10 bits per heavy atom. The zero-order valence-electron chi connectivity index (χ0n) is 17.1. The Morgan fingerprint density at radius 2 is 1.77 bits per heavy atom. The van der Waals surface area contributed by atoms with Crippen LogP contribution in [0.15, 0.2) is 0 Å². The van der Waals surface area contributed by atoms with Gasteiger partial charge in [0.15, 0.2) is 12.4 Å². The standard InChI is InChI=1S/C20H26O10/c1-6-12(23)27-7-5-17-11-8(21)9(16(2,3)4)18(17)10(22)13(24)29-15(18)30-20(17,14(25)28-11)19(6,7)26/h6-12,15,21-23,26H,5H2,1-4H3/t6-,7?,8-,9+,10+,11?,12?,15+,17?,18?,19-,20?/m1/s1. The van der Waals surface area contributed by atoms with Crippen molar-refractivity contribution in [1.82, 2.24) is 0 Å². The van der Waals surface area contributed by atoms with E-state index in [4.69, 9.17) is 18.9 Å². The zero-order chi connectivity index (χ0) is 21.8. The third kappa shape index (κ3) is 1.41. The summed E-state index contributed by atoms with van der Waals surface area (Å²) in [5.41, 5.74) is -7.71. The van der Waals surface area contributed by atoms with Gasteiger partial charge >= 0.3 is 11.9 Å². The van der Waals surface area contributed by atoms with Crippen LogP contribution < -0.4 is 0 Å². The molecule has 2 spiro atoms. The van der Waals surface area contributed by atoms with Crippen LogP contribution in [0.2, 0.25) is 0 Å². The minimum atomic E-state index is -2.06. The van der Waals surface area contributed by atoms with Gasteiger partial charge in [-0.3, -0.25) is 0 Å². The third-order valence-corrected chi connectivity index (χ3v) is 9.07. The summed E-state index contributed by atoms with van der Waals surface area (Å²) in [6, 6.07) is 0. The molecule has 4 N–H and O–H groups in total. The lowest BCUT2D eigenvalue weighted by molar-refractivity contribution is -0.239. The predicted octanol–water partition coefficient (Wildman–Crippen LogP) is -1.58. The quantitative estimate of drug-likeness (QED) is 0.334. The molecule has 0 radical (unpaired) electrons. The van der Waals surface area contributed by atoms with Gasteiger partial charge in [-0.25, -0.2) is 9.59 Å². The van der Waals surface area contributed by atoms with Gasteiger partial charge in [-0.1, -0.05) is 27.7 Å². The predicted molar refractivity (Wildman–Crippen MR) is 93.0 cm³/mol. The van der Waals surface area contributed by atoms with E-state index in [1.165, 1.54) is 6.92 Å². The average Bonchev–Trinajstić information content (AvgIpc) is 3.32. The fourth-order valence-corrected chi connectivity index (χ4v) is 8.35. The monoisotopic (exact) mass is 426 g/mol. The summed E-state index contributed by atoms with van der Waals surface area (Å²) in [4.78, 5) is 25.9. The van der Waals surface area contributed by atoms with Gasteiger partial charge in [0.2, 0.25) is 11.9 Å². The molecule has 0 amide bonds. The number of ether oxygens (including phenoxy) is 4. The number of hydrogen-bond donors (Lipinski definition) is 4. The van der Waals surface area contributed by atoms with Crippen LogP contribution in [0.3, 0.4) is 0 Å². The highest BCUT2D eigenvalue weighted by Gasteiger charge is 3.02. The number of esters is 2. The molecule has 0 aromatic rings. The Labute approximate surface area is 172 Å². The molecule has 0 aromatic heterocycles. The van der Waals surface area contributed by atoms with Crippen molar-refractivity contribution in [2.75, 3.05) is 0 Å². The van der Waals surface area contributed by atoms with E-state index in [1.54, 1.807) is 0 Å². The van der Waals surface area contributed by atoms with Gasteiger partial charge in [-0.15, -0.1) is 0 Å². The minimum Gasteiger partial charge on any atom is -0.457 e. The Hall–Kier alpha value is -1.30. The van der Waals surface area contributed by atoms with Crippen molar-refractivity contribution in [2.24, 2.45) is 28.1 Å². The number of rotatable bonds is 0. The molecule has 2 saturated carbocycles. The molecule has 6 rings (SSSR count). The van der Waals surface area contributed by atoms with Crippen molar-refractivity contribution in [2.45, 2.75) is 82.3 Å². The second-order valence-electron chi connectivity index (χ2n) is 10.9. The van der Waals surface area contributed by atoms with Gasteiger partial charge in [-0.2, -0.15) is 0 Å². The van der Waals surface area contributed by atoms with Crippen molar-refractivity contribution >= 4 is 11.9 Å². The van der Waals surface area contributed by atoms with Crippen LogP contribution in [-0.4, -0.2) is 80.6 Å². The van der Waals surface area contributed by atoms with Crippen LogP contribution >= 0.6 is 0 Å². The van der Waals surface area contributed by atoms with E-state index in [-0.39, 0.29) is 6.42 Å². The molecule has 10 nitrogen and oxygen atoms in total. The molecule has 2 aliphatic carbocycles. The Bertz CT molecular complexity index is 883. The maximum Gasteiger partial charge on any atom is 0.342 e. The first-order valence-corrected chi connectivity index (χ1v) is 10.3. The number of aliphatic hydroxyl groups excluding tert-OH is 3. The van der Waals surface area contributed by atoms with Crippen LogP contribution in [0.1, 0.15) is 34.1 Å². The van der Waals surface area contributed by atoms with E-state index in [9.17, 15) is 30.0 Å². The molecule has 10 heteroatoms. The van der Waals surface area contributed by atoms with E-state index >= 15 is 0 Å². The number of fused-ring (bicyclic) bond motifs is 1. The molecule has 6 unspecified atom stereocenters. The fourth-order valence-electron chi connectivity index (χ4n) is 8.35. The maximum atomic E-state index is 13.4. The van der Waals surface area contributed by atoms with Crippen LogP contribution in [0.25, 0.3) is 0 Å². The molecule has 166 valence electrons. The molecule has 4 aliphatic heterocycles. The highest BCUT2D eigenvalue weighted by Crippen LogP contribution is 2.84. The summed E-state index contributed by atoms with van der Waals surface area (Å²) in [7, 11) is 0. The van der Waals surface area contributed by atoms with Crippen molar-refractivity contribution in [1.29, 1.82) is 0 Å². The van der Waals surface area contributed by atoms with Crippen LogP contribution in [0.5, 0.6) is 0 Å². The Kier molecular flexibility index (Phi) is 3.15. The Morgan fingerprint density at radius 3 is 2.40 bits per heavy atom. The lowest BCUT2D eigenvalue weighted by Gasteiger charge is -2.46. The molecule has 6 fully saturated rings. The lowest BCUT2D eigenvalue weighted by atomic mass is 9.51. The van der Waals surface area contributed by atoms with Crippen LogP contribution in [0, 0.1) is 28.1 Å². The van der Waals surface area contributed by atoms with Gasteiger partial charge < -0.3 is 39.4 Å². The maximum absolute atomic E-state index is 13.4. The second kappa shape index (κ2) is 4.87. The second-order valence-corrected chi connectivity index (χ2v) is 10.9. The first kappa shape index (κ1) is 19.4. The molecule has 0 aromatic carbocycles. The molecular weight excluding hydrogens is 400 g/mol. The van der Waals surface area contributed by atoms with E-state index < -0.39 is 88.2 Å². The summed E-state index contributed by atoms with van der Waals surface area (Å²) in [5, 5.41) is 44.8. The van der Waals surface area contributed by atoms with Crippen LogP contribution in [0.4, 0.5) is 0 Å². The van der Waals surface area contributed by atoms with Crippen molar-refractivity contribution < 1.29 is 49.0 Å². The van der Waals surface area contributed by atoms with Gasteiger partial charge in [0.1, 0.15) is 11.7 Å². The summed E-state index contributed by atoms with van der Waals surface area (Å²) < 4.78 is 22.9. The van der Waals surface area contributed by atoms with E-state index in [0.29, 0.717) is 0 Å². The number of carbonyl (C=O) groups is 2. The van der Waals surface area contributed by atoms with E-state index in [2.05, 4.69) is 0 Å². The molecule has 4 saturated heterocycles. The minimum absolute atomic E-state index is 0.0465. The Balaban J connectivity index is 1.70. The fraction of sp³-hybridized carbons (Fsp3) is 0.900. The van der Waals surface area contributed by atoms with Crippen molar-refractivity contribution in [3.8, 4) is 0 Å². The summed E-state index contributed by atoms with van der Waals surface area (Å²) in [6.07, 6.45) is -7.80. The van der Waals surface area contributed by atoms with Crippen LogP contribution in [-0.2, 0) is 28.5 Å². The normalized spacial score (nSPS) is 62.8. The largest absolute Gasteiger partial charge is 0.457 e. The number of aliphatic hydroxyl groups is 4. The molecule has 0 bridgehead atoms. The molecule has 4 heterocycles. The average molecular weight is 426 g/mol. The molecule has 12 atom stereocenters. The summed E-state index contributed by atoms with van der Waals surface area (Å²) in [6.45, 7) is 7.11. The zero-order valence-corrected chi connectivity index (χ0v) is 17.1. The van der Waals surface area contributed by atoms with Gasteiger partial charge in [-0.05, 0) is 11.8 Å². The topological polar surface area (TPSA) is 152 Å². The van der Waals surface area contributed by atoms with Gasteiger partial charge in [0.25, 0.3) is 0 Å². The highest BCUT2D eigenvalue weighted by atomic mass is 16.8. The first-order valence-electron chi connectivity index (χ1n) is 10.3. The first-order chi connectivity index (χ1) is 13.8. The summed E-state index contributed by atoms with van der Waals surface area (Å²) in [5.74, 6) is -3.48. The highest BCUT2D eigenvalue weighted by molar-refractivity contribution is 5.91.